The Labute approximate surface area is 167 Å². The second-order valence-electron chi connectivity index (χ2n) is 9.22. The summed E-state index contributed by atoms with van der Waals surface area (Å²) in [4.78, 5) is 28.1. The van der Waals surface area contributed by atoms with Gasteiger partial charge in [0.1, 0.15) is 5.37 Å². The van der Waals surface area contributed by atoms with Crippen LogP contribution in [0.25, 0.3) is 0 Å². The largest absolute Gasteiger partial charge is 0.333 e. The lowest BCUT2D eigenvalue weighted by Crippen LogP contribution is -2.49. The maximum Gasteiger partial charge on any atom is 0.317 e. The van der Waals surface area contributed by atoms with Crippen LogP contribution >= 0.6 is 11.8 Å². The molecular weight excluding hydrogens is 358 g/mol. The van der Waals surface area contributed by atoms with Crippen molar-refractivity contribution in [2.75, 3.05) is 25.9 Å². The van der Waals surface area contributed by atoms with Crippen molar-refractivity contribution >= 4 is 23.7 Å². The van der Waals surface area contributed by atoms with Crippen LogP contribution in [-0.2, 0) is 10.2 Å². The molecule has 0 unspecified atom stereocenters. The molecule has 1 saturated heterocycles. The molecule has 0 saturated carbocycles. The lowest BCUT2D eigenvalue weighted by molar-refractivity contribution is -0.128. The van der Waals surface area contributed by atoms with E-state index in [2.05, 4.69) is 50.4 Å². The molecule has 1 fully saturated rings. The van der Waals surface area contributed by atoms with E-state index in [1.165, 1.54) is 5.56 Å². The highest BCUT2D eigenvalue weighted by molar-refractivity contribution is 8.00. The first kappa shape index (κ1) is 21.6. The molecule has 27 heavy (non-hydrogen) atoms. The Balaban J connectivity index is 2.03. The van der Waals surface area contributed by atoms with Crippen molar-refractivity contribution in [2.45, 2.75) is 57.9 Å². The number of rotatable bonds is 4. The molecule has 150 valence electrons. The van der Waals surface area contributed by atoms with Crippen LogP contribution in [-0.4, -0.2) is 53.2 Å². The van der Waals surface area contributed by atoms with Gasteiger partial charge >= 0.3 is 6.03 Å². The molecule has 1 aliphatic heterocycles. The average Bonchev–Trinajstić information content (AvgIpc) is 2.91. The van der Waals surface area contributed by atoms with E-state index in [9.17, 15) is 9.59 Å². The van der Waals surface area contributed by atoms with Crippen molar-refractivity contribution in [3.8, 4) is 0 Å². The van der Waals surface area contributed by atoms with Gasteiger partial charge in [0.25, 0.3) is 0 Å². The maximum absolute atomic E-state index is 12.4. The molecule has 1 atom stereocenters. The Morgan fingerprint density at radius 2 is 1.78 bits per heavy atom. The van der Waals surface area contributed by atoms with Gasteiger partial charge in [-0.2, -0.15) is 0 Å². The van der Waals surface area contributed by atoms with Crippen LogP contribution < -0.4 is 5.32 Å². The zero-order valence-corrected chi connectivity index (χ0v) is 18.4. The van der Waals surface area contributed by atoms with E-state index in [1.807, 2.05) is 25.7 Å². The maximum atomic E-state index is 12.4. The summed E-state index contributed by atoms with van der Waals surface area (Å²) in [5.41, 5.74) is 2.26. The number of nitrogens with zero attached hydrogens (tertiary/aromatic N) is 2. The summed E-state index contributed by atoms with van der Waals surface area (Å²) in [5, 5.41) is 2.97. The van der Waals surface area contributed by atoms with Gasteiger partial charge in [0.05, 0.1) is 5.75 Å². The number of thioether (sulfide) groups is 1. The van der Waals surface area contributed by atoms with Gasteiger partial charge < -0.3 is 15.1 Å². The molecule has 2 rings (SSSR count). The van der Waals surface area contributed by atoms with Crippen molar-refractivity contribution < 1.29 is 9.59 Å². The molecule has 0 spiro atoms. The Kier molecular flexibility index (Phi) is 6.51. The van der Waals surface area contributed by atoms with Gasteiger partial charge in [0.2, 0.25) is 5.91 Å². The first-order valence-electron chi connectivity index (χ1n) is 9.43. The fraction of sp³-hybridized carbons (Fsp3) is 0.619. The van der Waals surface area contributed by atoms with Gasteiger partial charge in [-0.05, 0) is 37.3 Å². The number of likely N-dealkylation sites (N-methyl/N-ethyl adjacent to an activating group) is 1. The van der Waals surface area contributed by atoms with Crippen molar-refractivity contribution in [3.05, 3.63) is 35.4 Å². The van der Waals surface area contributed by atoms with Crippen LogP contribution in [0.2, 0.25) is 0 Å². The molecule has 0 radical (unpaired) electrons. The minimum atomic E-state index is -0.276. The van der Waals surface area contributed by atoms with Crippen LogP contribution in [0.5, 0.6) is 0 Å². The summed E-state index contributed by atoms with van der Waals surface area (Å²) < 4.78 is 0. The first-order chi connectivity index (χ1) is 12.4. The number of amides is 3. The van der Waals surface area contributed by atoms with Crippen molar-refractivity contribution in [3.63, 3.8) is 0 Å². The second kappa shape index (κ2) is 8.13. The summed E-state index contributed by atoms with van der Waals surface area (Å²) in [5.74, 6) is 0.623. The predicted molar refractivity (Wildman–Crippen MR) is 113 cm³/mol. The number of carbonyl (C=O) groups excluding carboxylic acids is 2. The zero-order valence-electron chi connectivity index (χ0n) is 17.6. The van der Waals surface area contributed by atoms with Crippen molar-refractivity contribution in [2.24, 2.45) is 0 Å². The van der Waals surface area contributed by atoms with Crippen LogP contribution in [0.15, 0.2) is 24.3 Å². The molecule has 5 nitrogen and oxygen atoms in total. The van der Waals surface area contributed by atoms with Crippen LogP contribution in [0.1, 0.15) is 58.0 Å². The first-order valence-corrected chi connectivity index (χ1v) is 10.5. The summed E-state index contributed by atoms with van der Waals surface area (Å²) in [6.07, 6.45) is 0. The highest BCUT2D eigenvalue weighted by Gasteiger charge is 2.33. The highest BCUT2D eigenvalue weighted by Crippen LogP contribution is 2.39. The van der Waals surface area contributed by atoms with E-state index in [0.29, 0.717) is 18.8 Å². The molecule has 1 N–H and O–H groups in total. The molecule has 6 heteroatoms. The summed E-state index contributed by atoms with van der Waals surface area (Å²) in [6.45, 7) is 13.5. The zero-order chi connectivity index (χ0) is 20.4. The number of carbonyl (C=O) groups is 2. The molecule has 0 aromatic heterocycles. The monoisotopic (exact) mass is 391 g/mol. The number of urea groups is 1. The van der Waals surface area contributed by atoms with E-state index in [-0.39, 0.29) is 28.3 Å². The van der Waals surface area contributed by atoms with E-state index in [1.54, 1.807) is 23.7 Å². The SMILES string of the molecule is CN(CCN1C(=O)CS[C@H]1c1ccc(C(C)(C)C)cc1)C(=O)NC(C)(C)C. The van der Waals surface area contributed by atoms with Gasteiger partial charge in [-0.15, -0.1) is 11.8 Å². The fourth-order valence-corrected chi connectivity index (χ4v) is 4.11. The molecule has 1 aromatic carbocycles. The van der Waals surface area contributed by atoms with Gasteiger partial charge in [0.15, 0.2) is 0 Å². The van der Waals surface area contributed by atoms with Gasteiger partial charge in [-0.1, -0.05) is 45.0 Å². The van der Waals surface area contributed by atoms with E-state index >= 15 is 0 Å². The van der Waals surface area contributed by atoms with Gasteiger partial charge in [-0.25, -0.2) is 4.79 Å². The van der Waals surface area contributed by atoms with E-state index in [4.69, 9.17) is 0 Å². The van der Waals surface area contributed by atoms with Gasteiger partial charge in [-0.3, -0.25) is 4.79 Å². The topological polar surface area (TPSA) is 52.7 Å². The second-order valence-corrected chi connectivity index (χ2v) is 10.3. The molecule has 3 amide bonds. The Hall–Kier alpha value is -1.69. The fourth-order valence-electron chi connectivity index (χ4n) is 2.90. The van der Waals surface area contributed by atoms with Crippen molar-refractivity contribution in [1.29, 1.82) is 0 Å². The number of nitrogens with one attached hydrogen (secondary N) is 1. The standard InChI is InChI=1S/C21H33N3O2S/c1-20(2,3)16-10-8-15(9-11-16)18-24(17(25)14-27-18)13-12-23(7)19(26)22-21(4,5)6/h8-11,18H,12-14H2,1-7H3,(H,22,26)/t18-/m0/s1. The molecule has 1 aromatic rings. The third-order valence-electron chi connectivity index (χ3n) is 4.53. The molecular formula is C21H33N3O2S. The van der Waals surface area contributed by atoms with Crippen molar-refractivity contribution in [1.82, 2.24) is 15.1 Å². The summed E-state index contributed by atoms with van der Waals surface area (Å²) in [7, 11) is 1.77. The van der Waals surface area contributed by atoms with Crippen LogP contribution in [0.4, 0.5) is 4.79 Å². The normalized spacial score (nSPS) is 18.0. The van der Waals surface area contributed by atoms with E-state index in [0.717, 1.165) is 5.56 Å². The number of hydrogen-bond acceptors (Lipinski definition) is 3. The number of benzene rings is 1. The Morgan fingerprint density at radius 3 is 2.30 bits per heavy atom. The predicted octanol–water partition coefficient (Wildman–Crippen LogP) is 4.00. The molecule has 1 aliphatic rings. The van der Waals surface area contributed by atoms with E-state index < -0.39 is 0 Å². The van der Waals surface area contributed by atoms with Crippen LogP contribution in [0.3, 0.4) is 0 Å². The lowest BCUT2D eigenvalue weighted by Gasteiger charge is -2.29. The molecule has 0 bridgehead atoms. The average molecular weight is 392 g/mol. The smallest absolute Gasteiger partial charge is 0.317 e. The summed E-state index contributed by atoms with van der Waals surface area (Å²) >= 11 is 1.65. The van der Waals surface area contributed by atoms with Crippen LogP contribution in [0, 0.1) is 0 Å². The molecule has 0 aliphatic carbocycles. The van der Waals surface area contributed by atoms with Gasteiger partial charge in [0, 0.05) is 25.7 Å². The third-order valence-corrected chi connectivity index (χ3v) is 5.79. The quantitative estimate of drug-likeness (QED) is 0.844. The minimum absolute atomic E-state index is 0.0191. The Bertz CT molecular complexity index is 674. The highest BCUT2D eigenvalue weighted by atomic mass is 32.2. The minimum Gasteiger partial charge on any atom is -0.333 e. The molecule has 1 heterocycles. The number of hydrogen-bond donors (Lipinski definition) is 1. The summed E-state index contributed by atoms with van der Waals surface area (Å²) in [6, 6.07) is 8.44. The Morgan fingerprint density at radius 1 is 1.19 bits per heavy atom. The lowest BCUT2D eigenvalue weighted by atomic mass is 9.87. The third kappa shape index (κ3) is 5.89.